The number of hydrogen-bond acceptors (Lipinski definition) is 5. The van der Waals surface area contributed by atoms with Crippen molar-refractivity contribution in [1.82, 2.24) is 0 Å². The molecule has 9 heteroatoms. The predicted molar refractivity (Wildman–Crippen MR) is 125 cm³/mol. The summed E-state index contributed by atoms with van der Waals surface area (Å²) >= 11 is 6.13. The zero-order valence-corrected chi connectivity index (χ0v) is 19.0. The van der Waals surface area contributed by atoms with Crippen LogP contribution in [0.2, 0.25) is 5.02 Å². The molecule has 1 amide bonds. The van der Waals surface area contributed by atoms with E-state index >= 15 is 0 Å². The number of amides is 1. The first kappa shape index (κ1) is 23.3. The second kappa shape index (κ2) is 9.84. The van der Waals surface area contributed by atoms with Gasteiger partial charge in [0.25, 0.3) is 5.91 Å². The number of esters is 1. The van der Waals surface area contributed by atoms with Crippen molar-refractivity contribution in [2.45, 2.75) is 6.54 Å². The number of benzene rings is 3. The number of carbonyl (C=O) groups excluding carboxylic acids is 2. The number of carbonyl (C=O) groups is 2. The van der Waals surface area contributed by atoms with Crippen LogP contribution in [-0.4, -0.2) is 33.7 Å². The summed E-state index contributed by atoms with van der Waals surface area (Å²) in [6, 6.07) is 19.8. The van der Waals surface area contributed by atoms with E-state index in [4.69, 9.17) is 11.6 Å². The molecule has 1 N–H and O–H groups in total. The Morgan fingerprint density at radius 3 is 2.19 bits per heavy atom. The molecule has 0 bridgehead atoms. The highest BCUT2D eigenvalue weighted by Crippen LogP contribution is 2.25. The molecule has 0 fully saturated rings. The van der Waals surface area contributed by atoms with Gasteiger partial charge in [0.05, 0.1) is 41.9 Å². The molecule has 0 aliphatic rings. The minimum atomic E-state index is -3.55. The average molecular weight is 473 g/mol. The molecule has 0 aromatic heterocycles. The maximum Gasteiger partial charge on any atom is 0.337 e. The van der Waals surface area contributed by atoms with Crippen molar-refractivity contribution in [3.63, 3.8) is 0 Å². The van der Waals surface area contributed by atoms with Gasteiger partial charge in [-0.05, 0) is 48.0 Å². The topological polar surface area (TPSA) is 92.8 Å². The van der Waals surface area contributed by atoms with E-state index in [1.807, 2.05) is 30.3 Å². The van der Waals surface area contributed by atoms with E-state index in [2.05, 4.69) is 10.1 Å². The highest BCUT2D eigenvalue weighted by atomic mass is 35.5. The van der Waals surface area contributed by atoms with Crippen LogP contribution in [0.25, 0.3) is 0 Å². The number of nitrogens with zero attached hydrogens (tertiary/aromatic N) is 1. The monoisotopic (exact) mass is 472 g/mol. The molecule has 0 spiro atoms. The Bertz CT molecular complexity index is 1230. The molecule has 166 valence electrons. The fourth-order valence-electron chi connectivity index (χ4n) is 2.99. The Morgan fingerprint density at radius 1 is 0.969 bits per heavy atom. The molecule has 0 heterocycles. The van der Waals surface area contributed by atoms with Gasteiger partial charge in [-0.2, -0.15) is 0 Å². The summed E-state index contributed by atoms with van der Waals surface area (Å²) in [4.78, 5) is 24.4. The Kier molecular flexibility index (Phi) is 7.17. The molecule has 0 aliphatic heterocycles. The van der Waals surface area contributed by atoms with Gasteiger partial charge in [0.1, 0.15) is 0 Å². The Labute approximate surface area is 191 Å². The zero-order chi connectivity index (χ0) is 23.3. The van der Waals surface area contributed by atoms with Gasteiger partial charge >= 0.3 is 5.97 Å². The van der Waals surface area contributed by atoms with Crippen LogP contribution in [0.15, 0.2) is 72.8 Å². The number of sulfonamides is 1. The van der Waals surface area contributed by atoms with E-state index < -0.39 is 21.9 Å². The molecule has 0 radical (unpaired) electrons. The summed E-state index contributed by atoms with van der Waals surface area (Å²) in [7, 11) is -2.29. The van der Waals surface area contributed by atoms with Crippen molar-refractivity contribution in [1.29, 1.82) is 0 Å². The molecule has 0 saturated heterocycles. The van der Waals surface area contributed by atoms with Crippen molar-refractivity contribution >= 4 is 44.9 Å². The SMILES string of the molecule is COC(=O)c1ccc(Cl)c(NC(=O)c2ccc(N(Cc3ccccc3)S(C)(=O)=O)cc2)c1. The standard InChI is InChI=1S/C23H21ClN2O5S/c1-31-23(28)18-10-13-20(24)21(14-18)25-22(27)17-8-11-19(12-9-17)26(32(2,29)30)15-16-6-4-3-5-7-16/h3-14H,15H2,1-2H3,(H,25,27). The fourth-order valence-corrected chi connectivity index (χ4v) is 4.04. The van der Waals surface area contributed by atoms with Gasteiger partial charge < -0.3 is 10.1 Å². The summed E-state index contributed by atoms with van der Waals surface area (Å²) in [5, 5.41) is 2.91. The van der Waals surface area contributed by atoms with Gasteiger partial charge in [0.2, 0.25) is 10.0 Å². The van der Waals surface area contributed by atoms with Crippen LogP contribution >= 0.6 is 11.6 Å². The largest absolute Gasteiger partial charge is 0.465 e. The van der Waals surface area contributed by atoms with Crippen LogP contribution in [0.3, 0.4) is 0 Å². The van der Waals surface area contributed by atoms with Gasteiger partial charge in [-0.1, -0.05) is 41.9 Å². The van der Waals surface area contributed by atoms with Crippen LogP contribution in [0.5, 0.6) is 0 Å². The lowest BCUT2D eigenvalue weighted by atomic mass is 10.1. The molecule has 0 atom stereocenters. The first-order chi connectivity index (χ1) is 15.2. The molecular formula is C23H21ClN2O5S. The normalized spacial score (nSPS) is 11.0. The summed E-state index contributed by atoms with van der Waals surface area (Å²) in [5.41, 5.74) is 2.05. The molecule has 0 unspecified atom stereocenters. The molecule has 0 aliphatic carbocycles. The fraction of sp³-hybridized carbons (Fsp3) is 0.130. The highest BCUT2D eigenvalue weighted by molar-refractivity contribution is 7.92. The van der Waals surface area contributed by atoms with Crippen LogP contribution in [-0.2, 0) is 21.3 Å². The van der Waals surface area contributed by atoms with Gasteiger partial charge in [-0.15, -0.1) is 0 Å². The lowest BCUT2D eigenvalue weighted by molar-refractivity contribution is 0.0600. The Morgan fingerprint density at radius 2 is 1.59 bits per heavy atom. The zero-order valence-electron chi connectivity index (χ0n) is 17.4. The number of methoxy groups -OCH3 is 1. The molecule has 3 aromatic rings. The third kappa shape index (κ3) is 5.66. The summed E-state index contributed by atoms with van der Waals surface area (Å²) in [5.74, 6) is -1.02. The summed E-state index contributed by atoms with van der Waals surface area (Å²) < 4.78 is 30.6. The average Bonchev–Trinajstić information content (AvgIpc) is 2.78. The molecular weight excluding hydrogens is 452 g/mol. The van der Waals surface area contributed by atoms with Crippen LogP contribution in [0, 0.1) is 0 Å². The van der Waals surface area contributed by atoms with E-state index in [0.717, 1.165) is 11.8 Å². The number of ether oxygens (including phenoxy) is 1. The van der Waals surface area contributed by atoms with Crippen LogP contribution < -0.4 is 9.62 Å². The maximum absolute atomic E-state index is 12.7. The predicted octanol–water partition coefficient (Wildman–Crippen LogP) is 4.35. The third-order valence-corrected chi connectivity index (χ3v) is 6.09. The number of halogens is 1. The van der Waals surface area contributed by atoms with E-state index in [1.54, 1.807) is 12.1 Å². The summed E-state index contributed by atoms with van der Waals surface area (Å²) in [6.07, 6.45) is 1.13. The van der Waals surface area contributed by atoms with E-state index in [0.29, 0.717) is 11.3 Å². The highest BCUT2D eigenvalue weighted by Gasteiger charge is 2.19. The third-order valence-electron chi connectivity index (χ3n) is 4.62. The molecule has 7 nitrogen and oxygen atoms in total. The van der Waals surface area contributed by atoms with Crippen LogP contribution in [0.4, 0.5) is 11.4 Å². The molecule has 3 aromatic carbocycles. The number of rotatable bonds is 7. The van der Waals surface area contributed by atoms with Gasteiger partial charge in [-0.3, -0.25) is 9.10 Å². The smallest absolute Gasteiger partial charge is 0.337 e. The van der Waals surface area contributed by atoms with Gasteiger partial charge in [-0.25, -0.2) is 13.2 Å². The minimum Gasteiger partial charge on any atom is -0.465 e. The van der Waals surface area contributed by atoms with Crippen molar-refractivity contribution in [3.05, 3.63) is 94.5 Å². The molecule has 32 heavy (non-hydrogen) atoms. The van der Waals surface area contributed by atoms with Crippen molar-refractivity contribution in [2.24, 2.45) is 0 Å². The number of anilines is 2. The van der Waals surface area contributed by atoms with Crippen molar-refractivity contribution < 1.29 is 22.7 Å². The van der Waals surface area contributed by atoms with Gasteiger partial charge in [0, 0.05) is 5.56 Å². The van der Waals surface area contributed by atoms with Crippen LogP contribution in [0.1, 0.15) is 26.3 Å². The van der Waals surface area contributed by atoms with Gasteiger partial charge in [0.15, 0.2) is 0 Å². The quantitative estimate of drug-likeness (QED) is 0.516. The lowest BCUT2D eigenvalue weighted by Gasteiger charge is -2.22. The van der Waals surface area contributed by atoms with E-state index in [9.17, 15) is 18.0 Å². The van der Waals surface area contributed by atoms with E-state index in [1.165, 1.54) is 41.7 Å². The second-order valence-corrected chi connectivity index (χ2v) is 9.26. The number of hydrogen-bond donors (Lipinski definition) is 1. The Hall–Kier alpha value is -3.36. The first-order valence-electron chi connectivity index (χ1n) is 9.50. The van der Waals surface area contributed by atoms with Crippen molar-refractivity contribution in [3.8, 4) is 0 Å². The first-order valence-corrected chi connectivity index (χ1v) is 11.7. The number of nitrogens with one attached hydrogen (secondary N) is 1. The second-order valence-electron chi connectivity index (χ2n) is 6.94. The lowest BCUT2D eigenvalue weighted by Crippen LogP contribution is -2.29. The molecule has 3 rings (SSSR count). The minimum absolute atomic E-state index is 0.168. The summed E-state index contributed by atoms with van der Waals surface area (Å²) in [6.45, 7) is 0.168. The van der Waals surface area contributed by atoms with Crippen molar-refractivity contribution in [2.75, 3.05) is 23.0 Å². The van der Waals surface area contributed by atoms with E-state index in [-0.39, 0.29) is 22.8 Å². The Balaban J connectivity index is 1.81. The maximum atomic E-state index is 12.7. The molecule has 0 saturated carbocycles.